The van der Waals surface area contributed by atoms with E-state index in [0.717, 1.165) is 17.5 Å². The number of rotatable bonds is 3. The number of primary amides is 2. The first-order valence-electron chi connectivity index (χ1n) is 8.27. The van der Waals surface area contributed by atoms with Gasteiger partial charge in [0.1, 0.15) is 10.7 Å². The van der Waals surface area contributed by atoms with Crippen LogP contribution in [0.4, 0.5) is 13.2 Å². The van der Waals surface area contributed by atoms with E-state index >= 15 is 0 Å². The molecule has 2 amide bonds. The molecule has 3 rings (SSSR count). The van der Waals surface area contributed by atoms with E-state index in [0.29, 0.717) is 21.4 Å². The van der Waals surface area contributed by atoms with Gasteiger partial charge in [-0.2, -0.15) is 13.2 Å². The van der Waals surface area contributed by atoms with Gasteiger partial charge in [-0.25, -0.2) is 4.98 Å². The second-order valence-corrected chi connectivity index (χ2v) is 8.68. The minimum atomic E-state index is -4.88. The number of thiophene rings is 1. The lowest BCUT2D eigenvalue weighted by Gasteiger charge is -2.41. The normalized spacial score (nSPS) is 18.0. The predicted molar refractivity (Wildman–Crippen MR) is 95.4 cm³/mol. The number of nitrogens with two attached hydrogens (primary N) is 2. The van der Waals surface area contributed by atoms with Gasteiger partial charge in [0.05, 0.1) is 16.8 Å². The van der Waals surface area contributed by atoms with Crippen molar-refractivity contribution in [2.75, 3.05) is 0 Å². The summed E-state index contributed by atoms with van der Waals surface area (Å²) in [7, 11) is 0. The number of hydrogen-bond acceptors (Lipinski definition) is 5. The van der Waals surface area contributed by atoms with Crippen LogP contribution in [0.2, 0.25) is 0 Å². The van der Waals surface area contributed by atoms with Gasteiger partial charge in [0.25, 0.3) is 11.8 Å². The van der Waals surface area contributed by atoms with Gasteiger partial charge in [-0.15, -0.1) is 11.3 Å². The molecule has 152 valence electrons. The lowest BCUT2D eigenvalue weighted by Crippen LogP contribution is -2.42. The lowest BCUT2D eigenvalue weighted by atomic mass is 9.86. The van der Waals surface area contributed by atoms with Crippen molar-refractivity contribution in [3.05, 3.63) is 33.7 Å². The number of ether oxygens (including phenoxy) is 1. The fraction of sp³-hybridized carbons (Fsp3) is 0.471. The average Bonchev–Trinajstić information content (AvgIpc) is 3.05. The molecule has 0 fully saturated rings. The molecular formula is C17H19F3N4O3S. The molecule has 0 saturated heterocycles. The number of carbonyl (C=O) groups excluding carboxylic acids is 2. The molecule has 1 aliphatic rings. The van der Waals surface area contributed by atoms with E-state index in [2.05, 4.69) is 4.98 Å². The van der Waals surface area contributed by atoms with Crippen molar-refractivity contribution in [2.24, 2.45) is 11.5 Å². The first-order chi connectivity index (χ1) is 12.6. The largest absolute Gasteiger partial charge is 0.450 e. The van der Waals surface area contributed by atoms with Gasteiger partial charge in [-0.1, -0.05) is 0 Å². The van der Waals surface area contributed by atoms with Crippen molar-refractivity contribution in [3.63, 3.8) is 0 Å². The van der Waals surface area contributed by atoms with E-state index < -0.39 is 40.7 Å². The Morgan fingerprint density at radius 1 is 1.21 bits per heavy atom. The van der Waals surface area contributed by atoms with Gasteiger partial charge in [0.15, 0.2) is 0 Å². The molecule has 7 nitrogen and oxygen atoms in total. The van der Waals surface area contributed by atoms with E-state index in [1.165, 1.54) is 0 Å². The molecule has 0 aromatic carbocycles. The van der Waals surface area contributed by atoms with Crippen LogP contribution in [-0.2, 0) is 22.9 Å². The zero-order valence-corrected chi connectivity index (χ0v) is 16.4. The molecule has 0 saturated carbocycles. The summed E-state index contributed by atoms with van der Waals surface area (Å²) >= 11 is 0.951. The van der Waals surface area contributed by atoms with E-state index in [-0.39, 0.29) is 10.6 Å². The molecule has 0 bridgehead atoms. The number of carbonyl (C=O) groups is 2. The lowest BCUT2D eigenvalue weighted by molar-refractivity contribution is -0.145. The van der Waals surface area contributed by atoms with Crippen LogP contribution in [0.15, 0.2) is 6.20 Å². The molecule has 1 aliphatic heterocycles. The summed E-state index contributed by atoms with van der Waals surface area (Å²) < 4.78 is 47.3. The molecular weight excluding hydrogens is 397 g/mol. The smallest absolute Gasteiger partial charge is 0.365 e. The highest BCUT2D eigenvalue weighted by Gasteiger charge is 2.45. The van der Waals surface area contributed by atoms with Crippen molar-refractivity contribution in [1.29, 1.82) is 0 Å². The number of aromatic nitrogens is 2. The topological polar surface area (TPSA) is 113 Å². The molecule has 3 heterocycles. The minimum Gasteiger partial charge on any atom is -0.365 e. The quantitative estimate of drug-likeness (QED) is 0.801. The Labute approximate surface area is 162 Å². The Hall–Kier alpha value is -2.40. The highest BCUT2D eigenvalue weighted by molar-refractivity contribution is 7.15. The van der Waals surface area contributed by atoms with Gasteiger partial charge in [0.2, 0.25) is 5.82 Å². The molecule has 0 aliphatic carbocycles. The molecule has 4 N–H and O–H groups in total. The van der Waals surface area contributed by atoms with Gasteiger partial charge in [-0.05, 0) is 33.3 Å². The molecule has 28 heavy (non-hydrogen) atoms. The van der Waals surface area contributed by atoms with E-state index in [9.17, 15) is 22.8 Å². The Bertz CT molecular complexity index is 989. The number of halogens is 3. The predicted octanol–water partition coefficient (Wildman–Crippen LogP) is 2.74. The second kappa shape index (κ2) is 6.05. The van der Waals surface area contributed by atoms with Crippen LogP contribution in [0, 0.1) is 0 Å². The maximum absolute atomic E-state index is 13.5. The average molecular weight is 416 g/mol. The summed E-state index contributed by atoms with van der Waals surface area (Å²) in [4.78, 5) is 27.5. The number of amides is 2. The zero-order chi connectivity index (χ0) is 21.2. The van der Waals surface area contributed by atoms with Crippen LogP contribution in [0.1, 0.15) is 64.8 Å². The summed E-state index contributed by atoms with van der Waals surface area (Å²) in [5, 5.41) is -0.0702. The Morgan fingerprint density at radius 2 is 1.82 bits per heavy atom. The van der Waals surface area contributed by atoms with Gasteiger partial charge in [0, 0.05) is 17.5 Å². The summed E-state index contributed by atoms with van der Waals surface area (Å²) in [6, 6.07) is 0. The first kappa shape index (κ1) is 20.3. The van der Waals surface area contributed by atoms with Crippen LogP contribution in [-0.4, -0.2) is 27.0 Å². The minimum absolute atomic E-state index is 0.0385. The van der Waals surface area contributed by atoms with Crippen LogP contribution < -0.4 is 11.5 Å². The van der Waals surface area contributed by atoms with Crippen molar-refractivity contribution in [3.8, 4) is 5.00 Å². The summed E-state index contributed by atoms with van der Waals surface area (Å²) in [6.07, 6.45) is -3.72. The molecule has 0 unspecified atom stereocenters. The highest BCUT2D eigenvalue weighted by Crippen LogP contribution is 2.48. The van der Waals surface area contributed by atoms with E-state index in [1.54, 1.807) is 13.8 Å². The molecule has 0 atom stereocenters. The number of nitrogens with zero attached hydrogens (tertiary/aromatic N) is 2. The number of imidazole rings is 1. The number of hydrogen-bond donors (Lipinski definition) is 2. The van der Waals surface area contributed by atoms with E-state index in [1.807, 2.05) is 13.8 Å². The van der Waals surface area contributed by atoms with Crippen LogP contribution in [0.5, 0.6) is 0 Å². The maximum atomic E-state index is 13.5. The molecule has 11 heteroatoms. The number of fused-ring (bicyclic) bond motifs is 1. The van der Waals surface area contributed by atoms with Gasteiger partial charge < -0.3 is 16.2 Å². The van der Waals surface area contributed by atoms with Crippen LogP contribution >= 0.6 is 11.3 Å². The van der Waals surface area contributed by atoms with Crippen LogP contribution in [0.3, 0.4) is 0 Å². The standard InChI is InChI=1S/C17H19F3N4O3S/c1-15(2)5-7-9(12(22)26)13(28-10(7)16(3,4)27-15)24-6-8(11(21)25)23-14(24)17(18,19)20/h6H,5H2,1-4H3,(H2,21,25)(H2,22,26). The maximum Gasteiger partial charge on any atom is 0.450 e. The van der Waals surface area contributed by atoms with Crippen molar-refractivity contribution >= 4 is 23.2 Å². The van der Waals surface area contributed by atoms with Crippen molar-refractivity contribution in [2.45, 2.75) is 51.5 Å². The Balaban J connectivity index is 2.35. The van der Waals surface area contributed by atoms with Gasteiger partial charge >= 0.3 is 6.18 Å². The molecule has 0 spiro atoms. The number of alkyl halides is 3. The SMILES string of the molecule is CC1(C)Cc2c(sc(-n3cc(C(N)=O)nc3C(F)(F)F)c2C(N)=O)C(C)(C)O1. The van der Waals surface area contributed by atoms with Crippen molar-refractivity contribution < 1.29 is 27.5 Å². The monoisotopic (exact) mass is 416 g/mol. The third-order valence-corrected chi connectivity index (χ3v) is 5.88. The Kier molecular flexibility index (Phi) is 4.39. The van der Waals surface area contributed by atoms with Gasteiger partial charge in [-0.3, -0.25) is 14.2 Å². The molecule has 2 aromatic heterocycles. The molecule has 0 radical (unpaired) electrons. The van der Waals surface area contributed by atoms with E-state index in [4.69, 9.17) is 16.2 Å². The van der Waals surface area contributed by atoms with Crippen molar-refractivity contribution in [1.82, 2.24) is 9.55 Å². The Morgan fingerprint density at radius 3 is 2.32 bits per heavy atom. The third-order valence-electron chi connectivity index (χ3n) is 4.35. The fourth-order valence-electron chi connectivity index (χ4n) is 3.58. The highest BCUT2D eigenvalue weighted by atomic mass is 32.1. The summed E-state index contributed by atoms with van der Waals surface area (Å²) in [5.41, 5.74) is 9.07. The second-order valence-electron chi connectivity index (χ2n) is 7.68. The van der Waals surface area contributed by atoms with Crippen LogP contribution in [0.25, 0.3) is 5.00 Å². The third kappa shape index (κ3) is 3.28. The molecule has 2 aromatic rings. The first-order valence-corrected chi connectivity index (χ1v) is 9.08. The zero-order valence-electron chi connectivity index (χ0n) is 15.6. The fourth-order valence-corrected chi connectivity index (χ4v) is 4.92. The summed E-state index contributed by atoms with van der Waals surface area (Å²) in [6.45, 7) is 7.18. The summed E-state index contributed by atoms with van der Waals surface area (Å²) in [5.74, 6) is -3.35.